The summed E-state index contributed by atoms with van der Waals surface area (Å²) in [6.45, 7) is 12.1. The van der Waals surface area contributed by atoms with E-state index in [-0.39, 0.29) is 0 Å². The number of thiazole rings is 1. The van der Waals surface area contributed by atoms with Crippen LogP contribution in [0.2, 0.25) is 0 Å². The van der Waals surface area contributed by atoms with Gasteiger partial charge in [-0.1, -0.05) is 96.6 Å². The molecule has 5 aromatic heterocycles. The summed E-state index contributed by atoms with van der Waals surface area (Å²) in [6.07, 6.45) is 10.9. The third-order valence-corrected chi connectivity index (χ3v) is 7.32. The van der Waals surface area contributed by atoms with E-state index in [9.17, 15) is 0 Å². The SMILES string of the molecule is Cc1cc2ccccc2cn1.Cc1ccc2ccccc2n1.Cc1ccccc1.Cc1cccnc1.Cc1cccnc1.Cc1nccs1. The van der Waals surface area contributed by atoms with Crippen molar-refractivity contribution >= 4 is 33.0 Å². The Morgan fingerprint density at radius 2 is 1.00 bits per heavy atom. The highest BCUT2D eigenvalue weighted by Gasteiger charge is 1.92. The number of nitrogens with zero attached hydrogens (tertiary/aromatic N) is 5. The van der Waals surface area contributed by atoms with Crippen LogP contribution in [0.5, 0.6) is 0 Å². The quantitative estimate of drug-likeness (QED) is 0.162. The Hall–Kier alpha value is -5.59. The molecular weight excluding hydrogens is 619 g/mol. The number of fused-ring (bicyclic) bond motifs is 2. The number of hydrogen-bond donors (Lipinski definition) is 0. The zero-order chi connectivity index (χ0) is 35.1. The van der Waals surface area contributed by atoms with Gasteiger partial charge < -0.3 is 0 Å². The van der Waals surface area contributed by atoms with Gasteiger partial charge in [0.15, 0.2) is 0 Å². The van der Waals surface area contributed by atoms with Crippen molar-refractivity contribution in [3.63, 3.8) is 0 Å². The number of aromatic nitrogens is 5. The molecule has 0 aliphatic heterocycles. The van der Waals surface area contributed by atoms with Crippen LogP contribution in [0.1, 0.15) is 33.1 Å². The minimum Gasteiger partial charge on any atom is -0.264 e. The normalized spacial score (nSPS) is 9.43. The molecule has 0 unspecified atom stereocenters. The van der Waals surface area contributed by atoms with Crippen LogP contribution in [-0.4, -0.2) is 24.9 Å². The average molecular weight is 664 g/mol. The molecule has 0 fully saturated rings. The fraction of sp³-hybridized carbons (Fsp3) is 0.140. The first-order valence-electron chi connectivity index (χ1n) is 16.0. The summed E-state index contributed by atoms with van der Waals surface area (Å²) in [6, 6.07) is 40.8. The highest BCUT2D eigenvalue weighted by molar-refractivity contribution is 7.09. The Morgan fingerprint density at radius 1 is 0.429 bits per heavy atom. The first-order chi connectivity index (χ1) is 23.8. The summed E-state index contributed by atoms with van der Waals surface area (Å²) in [4.78, 5) is 20.3. The molecule has 0 spiro atoms. The summed E-state index contributed by atoms with van der Waals surface area (Å²) < 4.78 is 0. The van der Waals surface area contributed by atoms with Crippen LogP contribution < -0.4 is 0 Å². The van der Waals surface area contributed by atoms with Crippen LogP contribution in [0.25, 0.3) is 21.7 Å². The summed E-state index contributed by atoms with van der Waals surface area (Å²) in [5.74, 6) is 0. The van der Waals surface area contributed by atoms with E-state index in [4.69, 9.17) is 0 Å². The number of para-hydroxylation sites is 1. The van der Waals surface area contributed by atoms with Crippen molar-refractivity contribution in [3.8, 4) is 0 Å². The lowest BCUT2D eigenvalue weighted by Crippen LogP contribution is -1.80. The van der Waals surface area contributed by atoms with Gasteiger partial charge in [-0.15, -0.1) is 11.3 Å². The van der Waals surface area contributed by atoms with E-state index >= 15 is 0 Å². The van der Waals surface area contributed by atoms with Crippen molar-refractivity contribution in [1.82, 2.24) is 24.9 Å². The summed E-state index contributed by atoms with van der Waals surface area (Å²) in [7, 11) is 0. The van der Waals surface area contributed by atoms with E-state index < -0.39 is 0 Å². The standard InChI is InChI=1S/2C10H9N.C7H8.2C6H7N.C4H5NS/c1-8-6-9-4-2-3-5-10(9)7-11-8;1-8-6-7-9-4-2-3-5-10(9)11-8;1-7-5-3-2-4-6-7;2*1-6-3-2-4-7-5-6;1-4-5-2-3-6-4/h2*2-7H,1H3;2-6H,1H3;2*2-5H,1H3;2-3H,1H3. The molecule has 0 amide bonds. The van der Waals surface area contributed by atoms with Crippen LogP contribution in [-0.2, 0) is 0 Å². The molecule has 0 aliphatic rings. The largest absolute Gasteiger partial charge is 0.264 e. The van der Waals surface area contributed by atoms with E-state index in [1.54, 1.807) is 29.9 Å². The second-order valence-electron chi connectivity index (χ2n) is 11.1. The number of aryl methyl sites for hydroxylation is 6. The lowest BCUT2D eigenvalue weighted by molar-refractivity contribution is 1.22. The van der Waals surface area contributed by atoms with E-state index in [1.807, 2.05) is 137 Å². The van der Waals surface area contributed by atoms with Gasteiger partial charge in [0, 0.05) is 64.7 Å². The number of pyridine rings is 4. The smallest absolute Gasteiger partial charge is 0.0893 e. The maximum atomic E-state index is 4.38. The van der Waals surface area contributed by atoms with E-state index in [2.05, 4.69) is 74.3 Å². The molecule has 3 aromatic carbocycles. The zero-order valence-electron chi connectivity index (χ0n) is 29.2. The molecule has 248 valence electrons. The molecular formula is C43H45N5S. The van der Waals surface area contributed by atoms with Crippen molar-refractivity contribution in [3.05, 3.63) is 197 Å². The fourth-order valence-corrected chi connectivity index (χ4v) is 4.53. The molecule has 0 bridgehead atoms. The third kappa shape index (κ3) is 16.2. The van der Waals surface area contributed by atoms with Gasteiger partial charge in [0.25, 0.3) is 0 Å². The van der Waals surface area contributed by atoms with Crippen molar-refractivity contribution in [1.29, 1.82) is 0 Å². The second-order valence-corrected chi connectivity index (χ2v) is 12.2. The Balaban J connectivity index is 0.000000162. The first-order valence-corrected chi connectivity index (χ1v) is 16.9. The van der Waals surface area contributed by atoms with Gasteiger partial charge in [-0.25, -0.2) is 0 Å². The van der Waals surface area contributed by atoms with Gasteiger partial charge in [-0.05, 0) is 88.4 Å². The molecule has 5 heterocycles. The van der Waals surface area contributed by atoms with E-state index in [1.165, 1.54) is 32.8 Å². The average Bonchev–Trinajstić information content (AvgIpc) is 3.61. The molecule has 8 aromatic rings. The topological polar surface area (TPSA) is 64.5 Å². The molecule has 8 rings (SSSR count). The van der Waals surface area contributed by atoms with Crippen LogP contribution in [0.15, 0.2) is 164 Å². The summed E-state index contributed by atoms with van der Waals surface area (Å²) in [5, 5.41) is 6.78. The monoisotopic (exact) mass is 663 g/mol. The Labute approximate surface area is 295 Å². The number of benzene rings is 3. The Bertz CT molecular complexity index is 1850. The lowest BCUT2D eigenvalue weighted by Gasteiger charge is -1.96. The van der Waals surface area contributed by atoms with Gasteiger partial charge in [0.2, 0.25) is 0 Å². The van der Waals surface area contributed by atoms with Gasteiger partial charge in [0.1, 0.15) is 0 Å². The molecule has 5 nitrogen and oxygen atoms in total. The molecule has 0 aliphatic carbocycles. The fourth-order valence-electron chi connectivity index (χ4n) is 4.09. The molecule has 0 atom stereocenters. The van der Waals surface area contributed by atoms with Gasteiger partial charge in [-0.3, -0.25) is 24.9 Å². The van der Waals surface area contributed by atoms with Crippen molar-refractivity contribution in [2.45, 2.75) is 41.5 Å². The molecule has 0 radical (unpaired) electrons. The zero-order valence-corrected chi connectivity index (χ0v) is 30.0. The van der Waals surface area contributed by atoms with E-state index in [0.717, 1.165) is 21.9 Å². The van der Waals surface area contributed by atoms with E-state index in [0.29, 0.717) is 0 Å². The van der Waals surface area contributed by atoms with Gasteiger partial charge in [-0.2, -0.15) is 0 Å². The van der Waals surface area contributed by atoms with Crippen molar-refractivity contribution < 1.29 is 0 Å². The van der Waals surface area contributed by atoms with Crippen LogP contribution in [0.3, 0.4) is 0 Å². The summed E-state index contributed by atoms with van der Waals surface area (Å²) >= 11 is 1.67. The highest BCUT2D eigenvalue weighted by atomic mass is 32.1. The summed E-state index contributed by atoms with van der Waals surface area (Å²) in [5.41, 5.74) is 6.97. The minimum absolute atomic E-state index is 1.07. The van der Waals surface area contributed by atoms with Gasteiger partial charge in [0.05, 0.1) is 10.5 Å². The highest BCUT2D eigenvalue weighted by Crippen LogP contribution is 2.12. The van der Waals surface area contributed by atoms with Crippen molar-refractivity contribution in [2.24, 2.45) is 0 Å². The molecule has 0 saturated heterocycles. The Morgan fingerprint density at radius 3 is 1.47 bits per heavy atom. The number of hydrogen-bond acceptors (Lipinski definition) is 6. The van der Waals surface area contributed by atoms with Gasteiger partial charge >= 0.3 is 0 Å². The van der Waals surface area contributed by atoms with Crippen LogP contribution >= 0.6 is 11.3 Å². The minimum atomic E-state index is 1.07. The number of rotatable bonds is 0. The predicted molar refractivity (Wildman–Crippen MR) is 209 cm³/mol. The molecule has 0 saturated carbocycles. The van der Waals surface area contributed by atoms with Crippen molar-refractivity contribution in [2.75, 3.05) is 0 Å². The maximum Gasteiger partial charge on any atom is 0.0893 e. The molecule has 6 heteroatoms. The van der Waals surface area contributed by atoms with Crippen LogP contribution in [0.4, 0.5) is 0 Å². The lowest BCUT2D eigenvalue weighted by atomic mass is 10.1. The molecule has 0 N–H and O–H groups in total. The first kappa shape index (κ1) is 37.9. The predicted octanol–water partition coefficient (Wildman–Crippen LogP) is 11.3. The van der Waals surface area contributed by atoms with Crippen LogP contribution in [0, 0.1) is 41.5 Å². The third-order valence-electron chi connectivity index (χ3n) is 6.62. The Kier molecular flexibility index (Phi) is 17.1. The maximum absolute atomic E-state index is 4.38. The second kappa shape index (κ2) is 22.1. The molecule has 49 heavy (non-hydrogen) atoms.